The minimum absolute atomic E-state index is 0.0460. The highest BCUT2D eigenvalue weighted by Crippen LogP contribution is 2.20. The highest BCUT2D eigenvalue weighted by Gasteiger charge is 2.26. The standard InChI is InChI=1S/C23H29N3O3/c1-16(2)18-7-9-20(10-8-18)29-17(3)22(27)25-19-11-14-26(15-12-19)23(28)21-6-4-5-13-24-21/h4-10,13,16-17,19H,11-12,14-15H2,1-3H3,(H,25,27). The smallest absolute Gasteiger partial charge is 0.272 e. The topological polar surface area (TPSA) is 71.5 Å². The quantitative estimate of drug-likeness (QED) is 0.814. The lowest BCUT2D eigenvalue weighted by Gasteiger charge is -2.32. The van der Waals surface area contributed by atoms with Crippen molar-refractivity contribution in [2.45, 2.75) is 51.7 Å². The van der Waals surface area contributed by atoms with Gasteiger partial charge in [0, 0.05) is 25.3 Å². The molecule has 154 valence electrons. The van der Waals surface area contributed by atoms with Crippen LogP contribution in [0, 0.1) is 0 Å². The molecule has 6 nitrogen and oxygen atoms in total. The first kappa shape index (κ1) is 20.8. The van der Waals surface area contributed by atoms with Crippen LogP contribution in [0.3, 0.4) is 0 Å². The Morgan fingerprint density at radius 2 is 1.76 bits per heavy atom. The molecule has 3 rings (SSSR count). The molecule has 0 radical (unpaired) electrons. The number of carbonyl (C=O) groups excluding carboxylic acids is 2. The third-order valence-corrected chi connectivity index (χ3v) is 5.24. The Bertz CT molecular complexity index is 813. The number of rotatable bonds is 6. The molecule has 2 heterocycles. The van der Waals surface area contributed by atoms with E-state index in [2.05, 4.69) is 24.1 Å². The van der Waals surface area contributed by atoms with Crippen molar-refractivity contribution in [3.63, 3.8) is 0 Å². The molecule has 1 atom stereocenters. The third-order valence-electron chi connectivity index (χ3n) is 5.24. The van der Waals surface area contributed by atoms with Crippen molar-refractivity contribution < 1.29 is 14.3 Å². The average Bonchev–Trinajstić information content (AvgIpc) is 2.74. The minimum atomic E-state index is -0.576. The van der Waals surface area contributed by atoms with E-state index in [0.29, 0.717) is 30.5 Å². The number of benzene rings is 1. The van der Waals surface area contributed by atoms with Gasteiger partial charge in [-0.05, 0) is 55.5 Å². The molecule has 1 saturated heterocycles. The van der Waals surface area contributed by atoms with Crippen LogP contribution in [0.15, 0.2) is 48.7 Å². The van der Waals surface area contributed by atoms with Crippen LogP contribution in [0.5, 0.6) is 5.75 Å². The lowest BCUT2D eigenvalue weighted by Crippen LogP contribution is -2.49. The maximum Gasteiger partial charge on any atom is 0.272 e. The highest BCUT2D eigenvalue weighted by atomic mass is 16.5. The fourth-order valence-electron chi connectivity index (χ4n) is 3.39. The zero-order valence-corrected chi connectivity index (χ0v) is 17.3. The molecule has 1 aliphatic heterocycles. The molecule has 1 aromatic heterocycles. The average molecular weight is 396 g/mol. The van der Waals surface area contributed by atoms with E-state index in [-0.39, 0.29) is 17.9 Å². The molecule has 2 aromatic rings. The fraction of sp³-hybridized carbons (Fsp3) is 0.435. The molecule has 1 unspecified atom stereocenters. The van der Waals surface area contributed by atoms with Crippen LogP contribution in [0.1, 0.15) is 55.6 Å². The first-order chi connectivity index (χ1) is 13.9. The largest absolute Gasteiger partial charge is 0.481 e. The molecule has 0 aliphatic carbocycles. The van der Waals surface area contributed by atoms with Gasteiger partial charge in [-0.1, -0.05) is 32.0 Å². The van der Waals surface area contributed by atoms with Crippen LogP contribution >= 0.6 is 0 Å². The van der Waals surface area contributed by atoms with Crippen molar-refractivity contribution in [3.8, 4) is 5.75 Å². The normalized spacial score (nSPS) is 15.8. The lowest BCUT2D eigenvalue weighted by atomic mass is 10.0. The number of likely N-dealkylation sites (tertiary alicyclic amines) is 1. The molecular weight excluding hydrogens is 366 g/mol. The predicted molar refractivity (Wildman–Crippen MR) is 112 cm³/mol. The number of hydrogen-bond donors (Lipinski definition) is 1. The Hall–Kier alpha value is -2.89. The molecule has 0 saturated carbocycles. The molecule has 0 spiro atoms. The summed E-state index contributed by atoms with van der Waals surface area (Å²) in [5.41, 5.74) is 1.70. The van der Waals surface area contributed by atoms with Crippen LogP contribution in [-0.4, -0.2) is 46.9 Å². The van der Waals surface area contributed by atoms with Gasteiger partial charge in [0.25, 0.3) is 11.8 Å². The van der Waals surface area contributed by atoms with Crippen LogP contribution in [-0.2, 0) is 4.79 Å². The zero-order chi connectivity index (χ0) is 20.8. The van der Waals surface area contributed by atoms with E-state index in [1.165, 1.54) is 5.56 Å². The SMILES string of the molecule is CC(Oc1ccc(C(C)C)cc1)C(=O)NC1CCN(C(=O)c2ccccn2)CC1. The molecule has 1 aromatic carbocycles. The summed E-state index contributed by atoms with van der Waals surface area (Å²) < 4.78 is 5.78. The molecule has 29 heavy (non-hydrogen) atoms. The van der Waals surface area contributed by atoms with E-state index >= 15 is 0 Å². The maximum atomic E-state index is 12.5. The van der Waals surface area contributed by atoms with Gasteiger partial charge in [-0.15, -0.1) is 0 Å². The van der Waals surface area contributed by atoms with Crippen LogP contribution in [0.4, 0.5) is 0 Å². The Balaban J connectivity index is 1.46. The van der Waals surface area contributed by atoms with Gasteiger partial charge in [0.2, 0.25) is 0 Å². The van der Waals surface area contributed by atoms with E-state index in [4.69, 9.17) is 4.74 Å². The molecule has 2 amide bonds. The predicted octanol–water partition coefficient (Wildman–Crippen LogP) is 3.39. The van der Waals surface area contributed by atoms with Gasteiger partial charge in [-0.2, -0.15) is 0 Å². The van der Waals surface area contributed by atoms with Gasteiger partial charge in [0.05, 0.1) is 0 Å². The first-order valence-corrected chi connectivity index (χ1v) is 10.2. The number of piperidine rings is 1. The summed E-state index contributed by atoms with van der Waals surface area (Å²) in [6, 6.07) is 13.2. The summed E-state index contributed by atoms with van der Waals surface area (Å²) in [4.78, 5) is 30.9. The van der Waals surface area contributed by atoms with Crippen LogP contribution < -0.4 is 10.1 Å². The number of pyridine rings is 1. The fourth-order valence-corrected chi connectivity index (χ4v) is 3.39. The lowest BCUT2D eigenvalue weighted by molar-refractivity contribution is -0.128. The number of nitrogens with zero attached hydrogens (tertiary/aromatic N) is 2. The van der Waals surface area contributed by atoms with Crippen molar-refractivity contribution >= 4 is 11.8 Å². The summed E-state index contributed by atoms with van der Waals surface area (Å²) in [6.45, 7) is 7.24. The van der Waals surface area contributed by atoms with E-state index in [1.54, 1.807) is 30.2 Å². The van der Waals surface area contributed by atoms with Gasteiger partial charge in [0.15, 0.2) is 6.10 Å². The van der Waals surface area contributed by atoms with Crippen molar-refractivity contribution in [1.82, 2.24) is 15.2 Å². The summed E-state index contributed by atoms with van der Waals surface area (Å²) >= 11 is 0. The van der Waals surface area contributed by atoms with E-state index < -0.39 is 6.10 Å². The van der Waals surface area contributed by atoms with E-state index in [9.17, 15) is 9.59 Å². The van der Waals surface area contributed by atoms with Crippen molar-refractivity contribution in [1.29, 1.82) is 0 Å². The Morgan fingerprint density at radius 3 is 2.34 bits per heavy atom. The number of hydrogen-bond acceptors (Lipinski definition) is 4. The Labute approximate surface area is 172 Å². The Morgan fingerprint density at radius 1 is 1.07 bits per heavy atom. The Kier molecular flexibility index (Phi) is 6.86. The summed E-state index contributed by atoms with van der Waals surface area (Å²) in [6.07, 6.45) is 2.49. The molecular formula is C23H29N3O3. The van der Waals surface area contributed by atoms with Gasteiger partial charge in [-0.25, -0.2) is 0 Å². The van der Waals surface area contributed by atoms with Crippen molar-refractivity contribution in [2.75, 3.05) is 13.1 Å². The third kappa shape index (κ3) is 5.56. The van der Waals surface area contributed by atoms with Gasteiger partial charge in [-0.3, -0.25) is 14.6 Å². The number of aromatic nitrogens is 1. The highest BCUT2D eigenvalue weighted by molar-refractivity contribution is 5.92. The van der Waals surface area contributed by atoms with Crippen LogP contribution in [0.25, 0.3) is 0 Å². The molecule has 1 N–H and O–H groups in total. The minimum Gasteiger partial charge on any atom is -0.481 e. The number of ether oxygens (including phenoxy) is 1. The van der Waals surface area contributed by atoms with Crippen molar-refractivity contribution in [2.24, 2.45) is 0 Å². The first-order valence-electron chi connectivity index (χ1n) is 10.2. The van der Waals surface area contributed by atoms with Gasteiger partial charge < -0.3 is 15.0 Å². The molecule has 1 fully saturated rings. The maximum absolute atomic E-state index is 12.5. The molecule has 1 aliphatic rings. The van der Waals surface area contributed by atoms with Gasteiger partial charge >= 0.3 is 0 Å². The second-order valence-electron chi connectivity index (χ2n) is 7.77. The zero-order valence-electron chi connectivity index (χ0n) is 17.3. The van der Waals surface area contributed by atoms with E-state index in [0.717, 1.165) is 12.8 Å². The second kappa shape index (κ2) is 9.54. The number of carbonyl (C=O) groups is 2. The summed E-state index contributed by atoms with van der Waals surface area (Å²) in [7, 11) is 0. The number of nitrogens with one attached hydrogen (secondary N) is 1. The molecule has 6 heteroatoms. The summed E-state index contributed by atoms with van der Waals surface area (Å²) in [5, 5.41) is 3.05. The van der Waals surface area contributed by atoms with Gasteiger partial charge in [0.1, 0.15) is 11.4 Å². The number of amides is 2. The van der Waals surface area contributed by atoms with Crippen molar-refractivity contribution in [3.05, 3.63) is 59.9 Å². The van der Waals surface area contributed by atoms with Crippen LogP contribution in [0.2, 0.25) is 0 Å². The molecule has 0 bridgehead atoms. The monoisotopic (exact) mass is 395 g/mol. The summed E-state index contributed by atoms with van der Waals surface area (Å²) in [5.74, 6) is 0.956. The second-order valence-corrected chi connectivity index (χ2v) is 7.77. The van der Waals surface area contributed by atoms with E-state index in [1.807, 2.05) is 30.3 Å².